The molecule has 0 spiro atoms. The first kappa shape index (κ1) is 16.0. The molecule has 2 heteroatoms. The Morgan fingerprint density at radius 3 is 2.63 bits per heavy atom. The fourth-order valence-corrected chi connectivity index (χ4v) is 2.10. The van der Waals surface area contributed by atoms with Crippen molar-refractivity contribution in [3.63, 3.8) is 0 Å². The number of rotatable bonds is 9. The van der Waals surface area contributed by atoms with E-state index in [1.54, 1.807) is 0 Å². The highest BCUT2D eigenvalue weighted by molar-refractivity contribution is 5.28. The van der Waals surface area contributed by atoms with Crippen molar-refractivity contribution in [2.75, 3.05) is 0 Å². The van der Waals surface area contributed by atoms with Crippen molar-refractivity contribution in [3.8, 4) is 5.75 Å². The third-order valence-electron chi connectivity index (χ3n) is 3.17. The van der Waals surface area contributed by atoms with Crippen molar-refractivity contribution in [1.29, 1.82) is 0 Å². The lowest BCUT2D eigenvalue weighted by atomic mass is 10.1. The van der Waals surface area contributed by atoms with E-state index in [0.29, 0.717) is 6.04 Å². The number of benzene rings is 1. The lowest BCUT2D eigenvalue weighted by Crippen LogP contribution is -2.25. The fourth-order valence-electron chi connectivity index (χ4n) is 2.10. The Morgan fingerprint density at radius 2 is 1.95 bits per heavy atom. The van der Waals surface area contributed by atoms with Crippen LogP contribution < -0.4 is 10.1 Å². The van der Waals surface area contributed by atoms with Gasteiger partial charge in [0.1, 0.15) is 5.75 Å². The first-order valence-corrected chi connectivity index (χ1v) is 7.60. The maximum Gasteiger partial charge on any atom is 0.120 e. The largest absolute Gasteiger partial charge is 0.491 e. The second kappa shape index (κ2) is 8.98. The summed E-state index contributed by atoms with van der Waals surface area (Å²) in [6.45, 7) is 9.55. The molecule has 1 aromatic rings. The van der Waals surface area contributed by atoms with Crippen LogP contribution in [0.4, 0.5) is 0 Å². The highest BCUT2D eigenvalue weighted by atomic mass is 16.5. The van der Waals surface area contributed by atoms with E-state index in [0.717, 1.165) is 12.3 Å². The van der Waals surface area contributed by atoms with Gasteiger partial charge in [0.25, 0.3) is 0 Å². The molecule has 0 bridgehead atoms. The molecule has 108 valence electrons. The Bertz CT molecular complexity index is 349. The van der Waals surface area contributed by atoms with Gasteiger partial charge in [0.05, 0.1) is 6.10 Å². The number of unbranched alkanes of at least 4 members (excludes halogenated alkanes) is 2. The molecule has 1 atom stereocenters. The fraction of sp³-hybridized carbons (Fsp3) is 0.647. The molecular weight excluding hydrogens is 234 g/mol. The van der Waals surface area contributed by atoms with Crippen molar-refractivity contribution in [1.82, 2.24) is 5.32 Å². The van der Waals surface area contributed by atoms with Gasteiger partial charge >= 0.3 is 0 Å². The van der Waals surface area contributed by atoms with Crippen LogP contribution in [0.5, 0.6) is 5.75 Å². The molecule has 0 amide bonds. The molecule has 1 aromatic carbocycles. The lowest BCUT2D eigenvalue weighted by Gasteiger charge is -2.15. The summed E-state index contributed by atoms with van der Waals surface area (Å²) in [7, 11) is 0. The van der Waals surface area contributed by atoms with E-state index in [4.69, 9.17) is 4.74 Å². The molecule has 1 rings (SSSR count). The highest BCUT2D eigenvalue weighted by Crippen LogP contribution is 2.15. The Hall–Kier alpha value is -1.02. The van der Waals surface area contributed by atoms with Crippen molar-refractivity contribution in [2.24, 2.45) is 0 Å². The molecule has 0 radical (unpaired) electrons. The summed E-state index contributed by atoms with van der Waals surface area (Å²) in [6, 6.07) is 8.95. The average Bonchev–Trinajstić information content (AvgIpc) is 2.36. The van der Waals surface area contributed by atoms with Crippen LogP contribution in [-0.4, -0.2) is 12.1 Å². The molecule has 0 aliphatic heterocycles. The van der Waals surface area contributed by atoms with Crippen LogP contribution >= 0.6 is 0 Å². The summed E-state index contributed by atoms with van der Waals surface area (Å²) in [5, 5.41) is 3.58. The molecule has 0 heterocycles. The third-order valence-corrected chi connectivity index (χ3v) is 3.17. The van der Waals surface area contributed by atoms with Gasteiger partial charge in [-0.1, -0.05) is 38.3 Å². The Labute approximate surface area is 118 Å². The Kier molecular flexibility index (Phi) is 7.57. The minimum Gasteiger partial charge on any atom is -0.491 e. The van der Waals surface area contributed by atoms with Crippen LogP contribution in [0.3, 0.4) is 0 Å². The number of nitrogens with one attached hydrogen (secondary N) is 1. The minimum absolute atomic E-state index is 0.233. The summed E-state index contributed by atoms with van der Waals surface area (Å²) >= 11 is 0. The van der Waals surface area contributed by atoms with Gasteiger partial charge in [-0.2, -0.15) is 0 Å². The zero-order valence-corrected chi connectivity index (χ0v) is 12.9. The molecule has 0 aliphatic rings. The quantitative estimate of drug-likeness (QED) is 0.661. The molecule has 1 N–H and O–H groups in total. The molecule has 0 saturated heterocycles. The monoisotopic (exact) mass is 263 g/mol. The van der Waals surface area contributed by atoms with Crippen molar-refractivity contribution < 1.29 is 4.74 Å². The first-order valence-electron chi connectivity index (χ1n) is 7.60. The summed E-state index contributed by atoms with van der Waals surface area (Å²) in [6.07, 6.45) is 5.44. The molecular formula is C17H29NO. The van der Waals surface area contributed by atoms with Gasteiger partial charge in [0.2, 0.25) is 0 Å². The van der Waals surface area contributed by atoms with Crippen molar-refractivity contribution in [2.45, 2.75) is 72.1 Å². The second-order valence-corrected chi connectivity index (χ2v) is 5.59. The minimum atomic E-state index is 0.233. The van der Waals surface area contributed by atoms with Crippen LogP contribution in [0, 0.1) is 0 Å². The Balaban J connectivity index is 2.35. The molecule has 0 aromatic heterocycles. The van der Waals surface area contributed by atoms with E-state index in [9.17, 15) is 0 Å². The number of ether oxygens (including phenoxy) is 1. The van der Waals surface area contributed by atoms with E-state index in [-0.39, 0.29) is 6.10 Å². The van der Waals surface area contributed by atoms with Crippen LogP contribution in [0.25, 0.3) is 0 Å². The molecule has 1 unspecified atom stereocenters. The second-order valence-electron chi connectivity index (χ2n) is 5.59. The molecule has 0 saturated carbocycles. The van der Waals surface area contributed by atoms with Gasteiger partial charge in [0.15, 0.2) is 0 Å². The normalized spacial score (nSPS) is 12.7. The lowest BCUT2D eigenvalue weighted by molar-refractivity contribution is 0.242. The van der Waals surface area contributed by atoms with Crippen molar-refractivity contribution in [3.05, 3.63) is 29.8 Å². The smallest absolute Gasteiger partial charge is 0.120 e. The van der Waals surface area contributed by atoms with Crippen LogP contribution in [0.1, 0.15) is 58.9 Å². The van der Waals surface area contributed by atoms with E-state index in [1.165, 1.54) is 31.2 Å². The average molecular weight is 263 g/mol. The van der Waals surface area contributed by atoms with Gasteiger partial charge in [-0.15, -0.1) is 0 Å². The number of hydrogen-bond acceptors (Lipinski definition) is 2. The van der Waals surface area contributed by atoms with Gasteiger partial charge < -0.3 is 10.1 Å². The number of hydrogen-bond donors (Lipinski definition) is 1. The molecule has 19 heavy (non-hydrogen) atoms. The highest BCUT2D eigenvalue weighted by Gasteiger charge is 2.03. The standard InChI is InChI=1S/C17H29NO/c1-5-6-7-9-15(4)18-13-16-10-8-11-17(12-16)19-14(2)3/h8,10-12,14-15,18H,5-7,9,13H2,1-4H3. The van der Waals surface area contributed by atoms with Crippen LogP contribution in [0.15, 0.2) is 24.3 Å². The summed E-state index contributed by atoms with van der Waals surface area (Å²) in [5.74, 6) is 0.966. The maximum absolute atomic E-state index is 5.71. The third kappa shape index (κ3) is 7.22. The summed E-state index contributed by atoms with van der Waals surface area (Å²) in [5.41, 5.74) is 1.29. The SMILES string of the molecule is CCCCCC(C)NCc1cccc(OC(C)C)c1. The van der Waals surface area contributed by atoms with Gasteiger partial charge in [0, 0.05) is 12.6 Å². The molecule has 0 fully saturated rings. The van der Waals surface area contributed by atoms with Gasteiger partial charge in [-0.3, -0.25) is 0 Å². The topological polar surface area (TPSA) is 21.3 Å². The van der Waals surface area contributed by atoms with E-state index < -0.39 is 0 Å². The molecule has 0 aliphatic carbocycles. The predicted molar refractivity (Wildman–Crippen MR) is 82.6 cm³/mol. The van der Waals surface area contributed by atoms with Gasteiger partial charge in [-0.05, 0) is 44.9 Å². The van der Waals surface area contributed by atoms with Crippen molar-refractivity contribution >= 4 is 0 Å². The van der Waals surface area contributed by atoms with E-state index >= 15 is 0 Å². The van der Waals surface area contributed by atoms with Crippen LogP contribution in [0.2, 0.25) is 0 Å². The maximum atomic E-state index is 5.71. The zero-order chi connectivity index (χ0) is 14.1. The summed E-state index contributed by atoms with van der Waals surface area (Å²) < 4.78 is 5.71. The molecule has 2 nitrogen and oxygen atoms in total. The predicted octanol–water partition coefficient (Wildman–Crippen LogP) is 4.53. The Morgan fingerprint density at radius 1 is 1.16 bits per heavy atom. The van der Waals surface area contributed by atoms with E-state index in [1.807, 2.05) is 6.07 Å². The van der Waals surface area contributed by atoms with Gasteiger partial charge in [-0.25, -0.2) is 0 Å². The summed E-state index contributed by atoms with van der Waals surface area (Å²) in [4.78, 5) is 0. The zero-order valence-electron chi connectivity index (χ0n) is 12.9. The first-order chi connectivity index (χ1) is 9.11. The van der Waals surface area contributed by atoms with Crippen LogP contribution in [-0.2, 0) is 6.54 Å². The van der Waals surface area contributed by atoms with E-state index in [2.05, 4.69) is 51.2 Å².